The zero-order chi connectivity index (χ0) is 21.6. The standard InChI is InChI=1S/C24H24N4O2S/c1-3-4-14-30-21-13-9-8-10-18(21)16-25-26-23(29)22-15-20-17(2)27-28(24(20)31-22)19-11-6-5-7-12-19/h5-13,15-16H,3-4,14H2,1-2H3,(H,26,29). The van der Waals surface area contributed by atoms with Crippen LogP contribution in [0, 0.1) is 6.92 Å². The first-order valence-electron chi connectivity index (χ1n) is 10.3. The summed E-state index contributed by atoms with van der Waals surface area (Å²) in [5, 5.41) is 9.73. The van der Waals surface area contributed by atoms with Gasteiger partial charge in [-0.05, 0) is 43.7 Å². The van der Waals surface area contributed by atoms with Crippen molar-refractivity contribution in [1.82, 2.24) is 15.2 Å². The zero-order valence-electron chi connectivity index (χ0n) is 17.5. The molecule has 0 atom stereocenters. The number of hydrogen-bond donors (Lipinski definition) is 1. The predicted octanol–water partition coefficient (Wildman–Crippen LogP) is 5.34. The molecule has 0 aliphatic heterocycles. The third-order valence-corrected chi connectivity index (χ3v) is 5.92. The van der Waals surface area contributed by atoms with Gasteiger partial charge in [0.05, 0.1) is 29.1 Å². The Balaban J connectivity index is 1.50. The lowest BCUT2D eigenvalue weighted by Gasteiger charge is -2.07. The number of carbonyl (C=O) groups excluding carboxylic acids is 1. The van der Waals surface area contributed by atoms with Crippen molar-refractivity contribution in [1.29, 1.82) is 0 Å². The van der Waals surface area contributed by atoms with Crippen molar-refractivity contribution in [3.05, 3.63) is 76.8 Å². The van der Waals surface area contributed by atoms with Gasteiger partial charge in [0, 0.05) is 10.9 Å². The average molecular weight is 433 g/mol. The number of benzene rings is 2. The van der Waals surface area contributed by atoms with Gasteiger partial charge in [-0.3, -0.25) is 4.79 Å². The number of aryl methyl sites for hydroxylation is 1. The van der Waals surface area contributed by atoms with Gasteiger partial charge in [0.2, 0.25) is 0 Å². The molecule has 4 rings (SSSR count). The summed E-state index contributed by atoms with van der Waals surface area (Å²) in [6, 6.07) is 19.4. The normalized spacial score (nSPS) is 11.3. The van der Waals surface area contributed by atoms with E-state index in [1.165, 1.54) is 11.3 Å². The Morgan fingerprint density at radius 3 is 2.77 bits per heavy atom. The Labute approximate surface area is 185 Å². The van der Waals surface area contributed by atoms with Crippen molar-refractivity contribution < 1.29 is 9.53 Å². The monoisotopic (exact) mass is 432 g/mol. The highest BCUT2D eigenvalue weighted by molar-refractivity contribution is 7.20. The van der Waals surface area contributed by atoms with Gasteiger partial charge in [-0.15, -0.1) is 11.3 Å². The van der Waals surface area contributed by atoms with Crippen LogP contribution in [0.25, 0.3) is 15.9 Å². The molecule has 0 aliphatic rings. The quantitative estimate of drug-likeness (QED) is 0.232. The van der Waals surface area contributed by atoms with Crippen LogP contribution in [0.4, 0.5) is 0 Å². The summed E-state index contributed by atoms with van der Waals surface area (Å²) in [4.78, 5) is 14.2. The van der Waals surface area contributed by atoms with Gasteiger partial charge >= 0.3 is 0 Å². The molecule has 6 nitrogen and oxygen atoms in total. The number of fused-ring (bicyclic) bond motifs is 1. The predicted molar refractivity (Wildman–Crippen MR) is 126 cm³/mol. The van der Waals surface area contributed by atoms with E-state index in [4.69, 9.17) is 4.74 Å². The topological polar surface area (TPSA) is 68.5 Å². The van der Waals surface area contributed by atoms with Gasteiger partial charge in [0.1, 0.15) is 10.6 Å². The minimum absolute atomic E-state index is 0.249. The van der Waals surface area contributed by atoms with Gasteiger partial charge in [0.15, 0.2) is 0 Å². The highest BCUT2D eigenvalue weighted by Gasteiger charge is 2.17. The first-order valence-corrected chi connectivity index (χ1v) is 11.1. The lowest BCUT2D eigenvalue weighted by molar-refractivity contribution is 0.0959. The first kappa shape index (κ1) is 20.8. The number of amides is 1. The van der Waals surface area contributed by atoms with Crippen LogP contribution in [0.3, 0.4) is 0 Å². The molecule has 2 aromatic heterocycles. The first-order chi connectivity index (χ1) is 15.2. The number of nitrogens with one attached hydrogen (secondary N) is 1. The zero-order valence-corrected chi connectivity index (χ0v) is 18.4. The molecule has 2 aromatic carbocycles. The van der Waals surface area contributed by atoms with Crippen molar-refractivity contribution in [3.63, 3.8) is 0 Å². The Bertz CT molecular complexity index is 1210. The largest absolute Gasteiger partial charge is 0.493 e. The summed E-state index contributed by atoms with van der Waals surface area (Å²) in [6.45, 7) is 4.73. The van der Waals surface area contributed by atoms with Crippen LogP contribution in [-0.2, 0) is 0 Å². The maximum Gasteiger partial charge on any atom is 0.281 e. The third-order valence-electron chi connectivity index (χ3n) is 4.81. The van der Waals surface area contributed by atoms with Crippen LogP contribution in [0.5, 0.6) is 5.75 Å². The Morgan fingerprint density at radius 1 is 1.19 bits per heavy atom. The van der Waals surface area contributed by atoms with E-state index in [-0.39, 0.29) is 5.91 Å². The number of para-hydroxylation sites is 2. The molecule has 4 aromatic rings. The summed E-state index contributed by atoms with van der Waals surface area (Å²) in [5.74, 6) is 0.509. The van der Waals surface area contributed by atoms with Crippen molar-refractivity contribution >= 4 is 33.7 Å². The van der Waals surface area contributed by atoms with E-state index in [0.29, 0.717) is 11.5 Å². The van der Waals surface area contributed by atoms with Crippen LogP contribution in [0.15, 0.2) is 65.8 Å². The molecule has 0 fully saturated rings. The lowest BCUT2D eigenvalue weighted by Crippen LogP contribution is -2.16. The molecule has 2 heterocycles. The summed E-state index contributed by atoms with van der Waals surface area (Å²) in [7, 11) is 0. The van der Waals surface area contributed by atoms with Gasteiger partial charge in [0.25, 0.3) is 5.91 Å². The van der Waals surface area contributed by atoms with Gasteiger partial charge < -0.3 is 4.74 Å². The number of nitrogens with zero attached hydrogens (tertiary/aromatic N) is 3. The molecule has 31 heavy (non-hydrogen) atoms. The number of aromatic nitrogens is 2. The molecule has 0 unspecified atom stereocenters. The molecule has 0 saturated heterocycles. The maximum atomic E-state index is 12.7. The molecular formula is C24H24N4O2S. The molecule has 0 bridgehead atoms. The Morgan fingerprint density at radius 2 is 1.97 bits per heavy atom. The molecule has 1 amide bonds. The smallest absolute Gasteiger partial charge is 0.281 e. The second kappa shape index (κ2) is 9.57. The molecule has 0 spiro atoms. The van der Waals surface area contributed by atoms with Crippen LogP contribution in [0.1, 0.15) is 40.7 Å². The van der Waals surface area contributed by atoms with Crippen molar-refractivity contribution in [2.45, 2.75) is 26.7 Å². The molecule has 158 valence electrons. The van der Waals surface area contributed by atoms with Crippen LogP contribution >= 0.6 is 11.3 Å². The van der Waals surface area contributed by atoms with Crippen molar-refractivity contribution in [2.75, 3.05) is 6.61 Å². The summed E-state index contributed by atoms with van der Waals surface area (Å²) < 4.78 is 7.68. The van der Waals surface area contributed by atoms with E-state index in [0.717, 1.165) is 45.8 Å². The number of rotatable bonds is 8. The number of ether oxygens (including phenoxy) is 1. The van der Waals surface area contributed by atoms with E-state index < -0.39 is 0 Å². The molecule has 0 radical (unpaired) electrons. The molecule has 1 N–H and O–H groups in total. The number of thiophene rings is 1. The fourth-order valence-corrected chi connectivity index (χ4v) is 4.24. The van der Waals surface area contributed by atoms with Crippen LogP contribution in [0.2, 0.25) is 0 Å². The van der Waals surface area contributed by atoms with Gasteiger partial charge in [-0.2, -0.15) is 10.2 Å². The average Bonchev–Trinajstić information content (AvgIpc) is 3.36. The Hall–Kier alpha value is -3.45. The van der Waals surface area contributed by atoms with Crippen molar-refractivity contribution in [3.8, 4) is 11.4 Å². The fourth-order valence-electron chi connectivity index (χ4n) is 3.16. The van der Waals surface area contributed by atoms with Crippen LogP contribution in [-0.4, -0.2) is 28.5 Å². The highest BCUT2D eigenvalue weighted by atomic mass is 32.1. The van der Waals surface area contributed by atoms with Gasteiger partial charge in [-0.1, -0.05) is 43.7 Å². The molecule has 0 aliphatic carbocycles. The van der Waals surface area contributed by atoms with E-state index in [9.17, 15) is 4.79 Å². The second-order valence-corrected chi connectivity index (χ2v) is 8.13. The second-order valence-electron chi connectivity index (χ2n) is 7.10. The maximum absolute atomic E-state index is 12.7. The minimum Gasteiger partial charge on any atom is -0.493 e. The van der Waals surface area contributed by atoms with E-state index in [1.807, 2.05) is 72.3 Å². The SMILES string of the molecule is CCCCOc1ccccc1C=NNC(=O)c1cc2c(C)nn(-c3ccccc3)c2s1. The summed E-state index contributed by atoms with van der Waals surface area (Å²) >= 11 is 1.40. The highest BCUT2D eigenvalue weighted by Crippen LogP contribution is 2.30. The number of unbranched alkanes of at least 4 members (excludes halogenated alkanes) is 1. The molecule has 7 heteroatoms. The lowest BCUT2D eigenvalue weighted by atomic mass is 10.2. The van der Waals surface area contributed by atoms with Crippen LogP contribution < -0.4 is 10.2 Å². The number of carbonyl (C=O) groups is 1. The van der Waals surface area contributed by atoms with E-state index >= 15 is 0 Å². The summed E-state index contributed by atoms with van der Waals surface area (Å²) in [5.41, 5.74) is 5.30. The molecule has 0 saturated carbocycles. The fraction of sp³-hybridized carbons (Fsp3) is 0.208. The van der Waals surface area contributed by atoms with E-state index in [2.05, 4.69) is 22.5 Å². The van der Waals surface area contributed by atoms with E-state index in [1.54, 1.807) is 6.21 Å². The molecular weight excluding hydrogens is 408 g/mol. The Kier molecular flexibility index (Phi) is 6.43. The summed E-state index contributed by atoms with van der Waals surface area (Å²) in [6.07, 6.45) is 3.68. The number of hydrazone groups is 1. The number of hydrogen-bond acceptors (Lipinski definition) is 5. The minimum atomic E-state index is -0.249. The van der Waals surface area contributed by atoms with Gasteiger partial charge in [-0.25, -0.2) is 10.1 Å². The van der Waals surface area contributed by atoms with Crippen molar-refractivity contribution in [2.24, 2.45) is 5.10 Å². The third kappa shape index (κ3) is 4.67.